The highest BCUT2D eigenvalue weighted by Gasteiger charge is 2.20. The van der Waals surface area contributed by atoms with Gasteiger partial charge in [-0.2, -0.15) is 5.26 Å². The summed E-state index contributed by atoms with van der Waals surface area (Å²) in [6, 6.07) is 17.5. The largest absolute Gasteiger partial charge is 0.493 e. The molecule has 4 aromatic rings. The molecular formula is C27H24N4O4S2. The number of amides is 1. The van der Waals surface area contributed by atoms with Gasteiger partial charge in [-0.3, -0.25) is 4.79 Å². The number of rotatable bonds is 10. The predicted octanol–water partition coefficient (Wildman–Crippen LogP) is 5.89. The van der Waals surface area contributed by atoms with Crippen LogP contribution in [0.4, 0.5) is 5.13 Å². The van der Waals surface area contributed by atoms with Gasteiger partial charge in [0.1, 0.15) is 11.1 Å². The Balaban J connectivity index is 1.74. The number of methoxy groups -OCH3 is 3. The molecule has 0 radical (unpaired) electrons. The van der Waals surface area contributed by atoms with Crippen molar-refractivity contribution in [3.8, 4) is 45.7 Å². The van der Waals surface area contributed by atoms with Gasteiger partial charge < -0.3 is 19.5 Å². The number of thioether (sulfide) groups is 1. The molecule has 10 heteroatoms. The number of aromatic nitrogens is 2. The highest BCUT2D eigenvalue weighted by atomic mass is 32.2. The average Bonchev–Trinajstić information content (AvgIpc) is 3.45. The lowest BCUT2D eigenvalue weighted by Gasteiger charge is -2.16. The molecule has 37 heavy (non-hydrogen) atoms. The number of pyridine rings is 1. The number of nitrogens with zero attached hydrogens (tertiary/aromatic N) is 3. The maximum Gasteiger partial charge on any atom is 0.226 e. The van der Waals surface area contributed by atoms with Crippen LogP contribution in [0.5, 0.6) is 17.2 Å². The molecule has 1 amide bonds. The maximum atomic E-state index is 12.4. The summed E-state index contributed by atoms with van der Waals surface area (Å²) in [5.41, 5.74) is 3.40. The van der Waals surface area contributed by atoms with Gasteiger partial charge in [0.15, 0.2) is 16.6 Å². The highest BCUT2D eigenvalue weighted by molar-refractivity contribution is 7.99. The molecule has 0 saturated heterocycles. The van der Waals surface area contributed by atoms with Crippen LogP contribution in [0.2, 0.25) is 0 Å². The van der Waals surface area contributed by atoms with Crippen molar-refractivity contribution in [2.75, 3.05) is 32.4 Å². The van der Waals surface area contributed by atoms with E-state index in [0.29, 0.717) is 55.5 Å². The molecule has 2 aromatic heterocycles. The van der Waals surface area contributed by atoms with E-state index in [2.05, 4.69) is 16.4 Å². The number of thiazole rings is 1. The first-order valence-corrected chi connectivity index (χ1v) is 13.1. The monoisotopic (exact) mass is 532 g/mol. The second-order valence-electron chi connectivity index (χ2n) is 7.61. The Kier molecular flexibility index (Phi) is 8.61. The van der Waals surface area contributed by atoms with Crippen LogP contribution < -0.4 is 19.5 Å². The summed E-state index contributed by atoms with van der Waals surface area (Å²) in [6.45, 7) is 0. The number of carbonyl (C=O) groups is 1. The molecule has 1 N–H and O–H groups in total. The average molecular weight is 533 g/mol. The van der Waals surface area contributed by atoms with Gasteiger partial charge in [0.2, 0.25) is 11.7 Å². The Morgan fingerprint density at radius 1 is 1.05 bits per heavy atom. The second-order valence-corrected chi connectivity index (χ2v) is 9.59. The van der Waals surface area contributed by atoms with Crippen LogP contribution in [0.25, 0.3) is 22.4 Å². The lowest BCUT2D eigenvalue weighted by atomic mass is 9.98. The minimum Gasteiger partial charge on any atom is -0.493 e. The molecule has 0 aliphatic rings. The summed E-state index contributed by atoms with van der Waals surface area (Å²) in [5, 5.41) is 15.8. The molecule has 188 valence electrons. The van der Waals surface area contributed by atoms with Crippen molar-refractivity contribution in [1.29, 1.82) is 5.26 Å². The van der Waals surface area contributed by atoms with Crippen molar-refractivity contribution >= 4 is 34.1 Å². The standard InChI is InChI=1S/C27H24N4O4S2/c1-33-22-13-18(14-23(34-2)25(22)35-3)19-15-21(17-7-5-4-6-8-17)30-26(20(19)16-28)36-11-9-24(32)31-27-29-10-12-37-27/h4-8,10,12-15H,9,11H2,1-3H3,(H,29,31,32). The SMILES string of the molecule is COc1cc(-c2cc(-c3ccccc3)nc(SCCC(=O)Nc3nccs3)c2C#N)cc(OC)c1OC. The van der Waals surface area contributed by atoms with E-state index in [1.54, 1.807) is 32.9 Å². The maximum absolute atomic E-state index is 12.4. The van der Waals surface area contributed by atoms with Gasteiger partial charge in [-0.15, -0.1) is 23.1 Å². The zero-order valence-corrected chi connectivity index (χ0v) is 22.1. The molecule has 2 aromatic carbocycles. The first-order valence-electron chi connectivity index (χ1n) is 11.2. The van der Waals surface area contributed by atoms with Crippen molar-refractivity contribution < 1.29 is 19.0 Å². The van der Waals surface area contributed by atoms with Crippen molar-refractivity contribution in [2.24, 2.45) is 0 Å². The summed E-state index contributed by atoms with van der Waals surface area (Å²) < 4.78 is 16.5. The summed E-state index contributed by atoms with van der Waals surface area (Å²) in [5.74, 6) is 1.71. The molecule has 0 unspecified atom stereocenters. The molecule has 0 atom stereocenters. The molecule has 0 aliphatic carbocycles. The van der Waals surface area contributed by atoms with E-state index in [-0.39, 0.29) is 12.3 Å². The van der Waals surface area contributed by atoms with E-state index in [9.17, 15) is 10.1 Å². The molecule has 0 bridgehead atoms. The van der Waals surface area contributed by atoms with Gasteiger partial charge >= 0.3 is 0 Å². The summed E-state index contributed by atoms with van der Waals surface area (Å²) in [6.07, 6.45) is 1.88. The Bertz CT molecular complexity index is 1400. The van der Waals surface area contributed by atoms with E-state index >= 15 is 0 Å². The van der Waals surface area contributed by atoms with E-state index in [0.717, 1.165) is 5.56 Å². The van der Waals surface area contributed by atoms with Gasteiger partial charge in [-0.1, -0.05) is 30.3 Å². The minimum atomic E-state index is -0.148. The van der Waals surface area contributed by atoms with E-state index in [1.165, 1.54) is 23.1 Å². The molecule has 0 fully saturated rings. The zero-order valence-electron chi connectivity index (χ0n) is 20.5. The predicted molar refractivity (Wildman–Crippen MR) is 146 cm³/mol. The van der Waals surface area contributed by atoms with Crippen LogP contribution >= 0.6 is 23.1 Å². The van der Waals surface area contributed by atoms with Gasteiger partial charge in [0.25, 0.3) is 0 Å². The first-order chi connectivity index (χ1) is 18.1. The van der Waals surface area contributed by atoms with Gasteiger partial charge in [-0.05, 0) is 23.8 Å². The van der Waals surface area contributed by atoms with E-state index < -0.39 is 0 Å². The topological polar surface area (TPSA) is 106 Å². The second kappa shape index (κ2) is 12.3. The number of nitrogens with one attached hydrogen (secondary N) is 1. The van der Waals surface area contributed by atoms with Gasteiger partial charge in [-0.25, -0.2) is 9.97 Å². The van der Waals surface area contributed by atoms with Crippen LogP contribution in [0.1, 0.15) is 12.0 Å². The lowest BCUT2D eigenvalue weighted by Crippen LogP contribution is -2.12. The molecule has 2 heterocycles. The molecule has 0 spiro atoms. The Hall–Kier alpha value is -4.07. The molecule has 8 nitrogen and oxygen atoms in total. The van der Waals surface area contributed by atoms with Crippen LogP contribution in [0.3, 0.4) is 0 Å². The van der Waals surface area contributed by atoms with E-state index in [1.807, 2.05) is 48.5 Å². The Morgan fingerprint density at radius 3 is 2.38 bits per heavy atom. The number of benzene rings is 2. The lowest BCUT2D eigenvalue weighted by molar-refractivity contribution is -0.115. The molecule has 0 saturated carbocycles. The van der Waals surface area contributed by atoms with Gasteiger partial charge in [0, 0.05) is 34.9 Å². The molecule has 0 aliphatic heterocycles. The van der Waals surface area contributed by atoms with Crippen molar-refractivity contribution in [2.45, 2.75) is 11.4 Å². The van der Waals surface area contributed by atoms with E-state index in [4.69, 9.17) is 19.2 Å². The fourth-order valence-corrected chi connectivity index (χ4v) is 5.15. The highest BCUT2D eigenvalue weighted by Crippen LogP contribution is 2.43. The van der Waals surface area contributed by atoms with Crippen LogP contribution in [-0.4, -0.2) is 43.0 Å². The summed E-state index contributed by atoms with van der Waals surface area (Å²) >= 11 is 2.72. The number of hydrogen-bond donors (Lipinski definition) is 1. The van der Waals surface area contributed by atoms with Crippen molar-refractivity contribution in [1.82, 2.24) is 9.97 Å². The molecular weight excluding hydrogens is 508 g/mol. The van der Waals surface area contributed by atoms with Crippen LogP contribution in [0.15, 0.2) is 65.1 Å². The smallest absolute Gasteiger partial charge is 0.226 e. The summed E-state index contributed by atoms with van der Waals surface area (Å²) in [7, 11) is 4.64. The van der Waals surface area contributed by atoms with Crippen LogP contribution in [0, 0.1) is 11.3 Å². The zero-order chi connectivity index (χ0) is 26.2. The number of nitriles is 1. The Morgan fingerprint density at radius 2 is 1.78 bits per heavy atom. The fraction of sp³-hybridized carbons (Fsp3) is 0.185. The van der Waals surface area contributed by atoms with Crippen molar-refractivity contribution in [3.05, 3.63) is 65.7 Å². The normalized spacial score (nSPS) is 10.4. The number of ether oxygens (including phenoxy) is 3. The first kappa shape index (κ1) is 26.0. The number of hydrogen-bond acceptors (Lipinski definition) is 9. The number of carbonyl (C=O) groups excluding carboxylic acids is 1. The third kappa shape index (κ3) is 6.02. The molecule has 4 rings (SSSR count). The summed E-state index contributed by atoms with van der Waals surface area (Å²) in [4.78, 5) is 21.2. The third-order valence-electron chi connectivity index (χ3n) is 5.39. The van der Waals surface area contributed by atoms with Gasteiger partial charge in [0.05, 0.1) is 32.6 Å². The quantitative estimate of drug-likeness (QED) is 0.252. The minimum absolute atomic E-state index is 0.148. The third-order valence-corrected chi connectivity index (χ3v) is 7.06. The van der Waals surface area contributed by atoms with Crippen LogP contribution in [-0.2, 0) is 4.79 Å². The number of anilines is 1. The Labute approximate surface area is 223 Å². The fourth-order valence-electron chi connectivity index (χ4n) is 3.66. The van der Waals surface area contributed by atoms with Crippen molar-refractivity contribution in [3.63, 3.8) is 0 Å².